The summed E-state index contributed by atoms with van der Waals surface area (Å²) in [5.74, 6) is 0.377. The van der Waals surface area contributed by atoms with Gasteiger partial charge in [-0.25, -0.2) is 0 Å². The molecule has 21 heavy (non-hydrogen) atoms. The number of hydrogen-bond acceptors (Lipinski definition) is 2. The smallest absolute Gasteiger partial charge is 0.231 e. The van der Waals surface area contributed by atoms with Crippen LogP contribution in [0.25, 0.3) is 0 Å². The first-order chi connectivity index (χ1) is 10.2. The fourth-order valence-electron chi connectivity index (χ4n) is 2.23. The molecular formula is C17H18ClNO2. The highest BCUT2D eigenvalue weighted by Crippen LogP contribution is 2.28. The fourth-order valence-corrected chi connectivity index (χ4v) is 2.49. The van der Waals surface area contributed by atoms with Gasteiger partial charge in [-0.2, -0.15) is 0 Å². The molecule has 110 valence electrons. The number of rotatable bonds is 5. The van der Waals surface area contributed by atoms with Crippen molar-refractivity contribution in [1.29, 1.82) is 0 Å². The number of carbonyl (C=O) groups excluding carboxylic acids is 1. The van der Waals surface area contributed by atoms with Crippen molar-refractivity contribution in [1.82, 2.24) is 0 Å². The minimum atomic E-state index is -0.174. The molecule has 4 heteroatoms. The van der Waals surface area contributed by atoms with Gasteiger partial charge in [0.25, 0.3) is 0 Å². The molecule has 2 rings (SSSR count). The predicted octanol–water partition coefficient (Wildman–Crippen LogP) is 4.48. The molecule has 0 aliphatic heterocycles. The third-order valence-electron chi connectivity index (χ3n) is 3.35. The second kappa shape index (κ2) is 7.14. The van der Waals surface area contributed by atoms with Crippen molar-refractivity contribution < 1.29 is 9.53 Å². The Morgan fingerprint density at radius 1 is 1.24 bits per heavy atom. The summed E-state index contributed by atoms with van der Waals surface area (Å²) in [6.07, 6.45) is 0.736. The molecule has 0 radical (unpaired) electrons. The van der Waals surface area contributed by atoms with Crippen LogP contribution in [-0.2, 0) is 4.79 Å². The van der Waals surface area contributed by atoms with Crippen LogP contribution in [-0.4, -0.2) is 13.0 Å². The third kappa shape index (κ3) is 3.76. The summed E-state index contributed by atoms with van der Waals surface area (Å²) < 4.78 is 5.10. The van der Waals surface area contributed by atoms with E-state index in [9.17, 15) is 4.79 Å². The monoisotopic (exact) mass is 303 g/mol. The van der Waals surface area contributed by atoms with Gasteiger partial charge in [-0.15, -0.1) is 0 Å². The van der Waals surface area contributed by atoms with Crippen molar-refractivity contribution >= 4 is 23.2 Å². The van der Waals surface area contributed by atoms with E-state index in [1.165, 1.54) is 0 Å². The summed E-state index contributed by atoms with van der Waals surface area (Å²) >= 11 is 6.07. The van der Waals surface area contributed by atoms with Gasteiger partial charge in [-0.05, 0) is 30.2 Å². The Labute approximate surface area is 129 Å². The number of ether oxygens (including phenoxy) is 1. The van der Waals surface area contributed by atoms with Crippen LogP contribution >= 0.6 is 11.6 Å². The maximum atomic E-state index is 12.4. The number of anilines is 1. The summed E-state index contributed by atoms with van der Waals surface area (Å²) in [6, 6.07) is 15.0. The van der Waals surface area contributed by atoms with Gasteiger partial charge in [0, 0.05) is 5.69 Å². The SMILES string of the molecule is CC[C@H](C(=O)Nc1ccc(OC)c(Cl)c1)c1ccccc1. The largest absolute Gasteiger partial charge is 0.495 e. The first-order valence-corrected chi connectivity index (χ1v) is 7.22. The van der Waals surface area contributed by atoms with Crippen molar-refractivity contribution in [3.05, 3.63) is 59.1 Å². The Balaban J connectivity index is 2.15. The van der Waals surface area contributed by atoms with Crippen molar-refractivity contribution in [3.63, 3.8) is 0 Å². The molecule has 0 unspecified atom stereocenters. The van der Waals surface area contributed by atoms with Crippen LogP contribution in [0.5, 0.6) is 5.75 Å². The number of halogens is 1. The number of benzene rings is 2. The van der Waals surface area contributed by atoms with E-state index in [0.29, 0.717) is 16.5 Å². The Morgan fingerprint density at radius 2 is 1.95 bits per heavy atom. The summed E-state index contributed by atoms with van der Waals surface area (Å²) in [5, 5.41) is 3.38. The second-order valence-electron chi connectivity index (χ2n) is 4.71. The molecule has 1 atom stereocenters. The van der Waals surface area contributed by atoms with Gasteiger partial charge in [0.05, 0.1) is 18.1 Å². The average molecular weight is 304 g/mol. The van der Waals surface area contributed by atoms with Crippen molar-refractivity contribution in [2.75, 3.05) is 12.4 Å². The molecule has 2 aromatic carbocycles. The van der Waals surface area contributed by atoms with Gasteiger partial charge >= 0.3 is 0 Å². The summed E-state index contributed by atoms with van der Waals surface area (Å²) in [4.78, 5) is 12.4. The van der Waals surface area contributed by atoms with Gasteiger partial charge < -0.3 is 10.1 Å². The Morgan fingerprint density at radius 3 is 2.52 bits per heavy atom. The molecule has 0 heterocycles. The second-order valence-corrected chi connectivity index (χ2v) is 5.12. The zero-order chi connectivity index (χ0) is 15.2. The number of amides is 1. The molecule has 0 aliphatic rings. The lowest BCUT2D eigenvalue weighted by molar-refractivity contribution is -0.117. The highest BCUT2D eigenvalue weighted by molar-refractivity contribution is 6.32. The van der Waals surface area contributed by atoms with Crippen LogP contribution in [0.3, 0.4) is 0 Å². The summed E-state index contributed by atoms with van der Waals surface area (Å²) in [6.45, 7) is 2.00. The Kier molecular flexibility index (Phi) is 5.23. The molecule has 1 N–H and O–H groups in total. The zero-order valence-corrected chi connectivity index (χ0v) is 12.9. The standard InChI is InChI=1S/C17H18ClNO2/c1-3-14(12-7-5-4-6-8-12)17(20)19-13-9-10-16(21-2)15(18)11-13/h4-11,14H,3H2,1-2H3,(H,19,20)/t14-/m0/s1. The Hall–Kier alpha value is -2.00. The minimum Gasteiger partial charge on any atom is -0.495 e. The van der Waals surface area contributed by atoms with Gasteiger partial charge in [0.15, 0.2) is 0 Å². The van der Waals surface area contributed by atoms with Crippen LogP contribution in [0.2, 0.25) is 5.02 Å². The highest BCUT2D eigenvalue weighted by atomic mass is 35.5. The average Bonchev–Trinajstić information content (AvgIpc) is 2.49. The minimum absolute atomic E-state index is 0.0371. The number of nitrogens with one attached hydrogen (secondary N) is 1. The zero-order valence-electron chi connectivity index (χ0n) is 12.1. The molecule has 0 saturated carbocycles. The van der Waals surface area contributed by atoms with Crippen LogP contribution in [0.1, 0.15) is 24.8 Å². The highest BCUT2D eigenvalue weighted by Gasteiger charge is 2.18. The fraction of sp³-hybridized carbons (Fsp3) is 0.235. The van der Waals surface area contributed by atoms with E-state index in [2.05, 4.69) is 5.32 Å². The van der Waals surface area contributed by atoms with Crippen molar-refractivity contribution in [2.45, 2.75) is 19.3 Å². The third-order valence-corrected chi connectivity index (χ3v) is 3.64. The van der Waals surface area contributed by atoms with Crippen LogP contribution in [0, 0.1) is 0 Å². The van der Waals surface area contributed by atoms with E-state index in [0.717, 1.165) is 12.0 Å². The predicted molar refractivity (Wildman–Crippen MR) is 86.1 cm³/mol. The molecule has 0 spiro atoms. The van der Waals surface area contributed by atoms with Crippen LogP contribution < -0.4 is 10.1 Å². The Bertz CT molecular complexity index is 613. The maximum Gasteiger partial charge on any atom is 0.231 e. The molecule has 0 fully saturated rings. The van der Waals surface area contributed by atoms with Crippen LogP contribution in [0.15, 0.2) is 48.5 Å². The quantitative estimate of drug-likeness (QED) is 0.884. The first kappa shape index (κ1) is 15.4. The number of carbonyl (C=O) groups is 1. The van der Waals surface area contributed by atoms with E-state index in [1.807, 2.05) is 37.3 Å². The molecule has 1 amide bonds. The number of hydrogen-bond donors (Lipinski definition) is 1. The summed E-state index contributed by atoms with van der Waals surface area (Å²) in [5.41, 5.74) is 1.68. The van der Waals surface area contributed by atoms with Crippen molar-refractivity contribution in [3.8, 4) is 5.75 Å². The topological polar surface area (TPSA) is 38.3 Å². The molecule has 0 aromatic heterocycles. The van der Waals surface area contributed by atoms with Gasteiger partial charge in [-0.3, -0.25) is 4.79 Å². The maximum absolute atomic E-state index is 12.4. The van der Waals surface area contributed by atoms with Crippen LogP contribution in [0.4, 0.5) is 5.69 Å². The van der Waals surface area contributed by atoms with E-state index >= 15 is 0 Å². The van der Waals surface area contributed by atoms with Crippen molar-refractivity contribution in [2.24, 2.45) is 0 Å². The summed E-state index contributed by atoms with van der Waals surface area (Å²) in [7, 11) is 1.56. The first-order valence-electron chi connectivity index (χ1n) is 6.85. The normalized spacial score (nSPS) is 11.8. The lowest BCUT2D eigenvalue weighted by Crippen LogP contribution is -2.20. The van der Waals surface area contributed by atoms with E-state index in [1.54, 1.807) is 25.3 Å². The lowest BCUT2D eigenvalue weighted by atomic mass is 9.95. The van der Waals surface area contributed by atoms with Gasteiger partial charge in [-0.1, -0.05) is 48.9 Å². The van der Waals surface area contributed by atoms with E-state index in [4.69, 9.17) is 16.3 Å². The van der Waals surface area contributed by atoms with E-state index in [-0.39, 0.29) is 11.8 Å². The molecule has 2 aromatic rings. The lowest BCUT2D eigenvalue weighted by Gasteiger charge is -2.16. The molecule has 3 nitrogen and oxygen atoms in total. The van der Waals surface area contributed by atoms with E-state index < -0.39 is 0 Å². The molecular weight excluding hydrogens is 286 g/mol. The van der Waals surface area contributed by atoms with Gasteiger partial charge in [0.1, 0.15) is 5.75 Å². The number of methoxy groups -OCH3 is 1. The molecule has 0 bridgehead atoms. The molecule has 0 saturated heterocycles. The van der Waals surface area contributed by atoms with Gasteiger partial charge in [0.2, 0.25) is 5.91 Å². The molecule has 0 aliphatic carbocycles.